The summed E-state index contributed by atoms with van der Waals surface area (Å²) in [4.78, 5) is 14.4. The molecule has 0 spiro atoms. The van der Waals surface area contributed by atoms with Gasteiger partial charge in [-0.15, -0.1) is 0 Å². The number of nitrogens with zero attached hydrogens (tertiary/aromatic N) is 1. The number of carbonyl (C=O) groups excluding carboxylic acids is 1. The Bertz CT molecular complexity index is 415. The zero-order valence-electron chi connectivity index (χ0n) is 13.7. The Kier molecular flexibility index (Phi) is 8.01. The maximum absolute atomic E-state index is 12.3. The lowest BCUT2D eigenvalue weighted by atomic mass is 10.1. The van der Waals surface area contributed by atoms with Gasteiger partial charge in [-0.2, -0.15) is 0 Å². The number of Topliss-reactive ketones (excluding diaryl/α,β-unsaturated/α-hetero) is 1. The summed E-state index contributed by atoms with van der Waals surface area (Å²) >= 11 is 0. The topological polar surface area (TPSA) is 41.6 Å². The van der Waals surface area contributed by atoms with Crippen LogP contribution in [0.1, 0.15) is 37.0 Å². The average Bonchev–Trinajstić information content (AvgIpc) is 2.49. The molecule has 0 aliphatic carbocycles. The monoisotopic (exact) mass is 292 g/mol. The number of carbonyl (C=O) groups is 1. The Hall–Kier alpha value is -1.39. The molecule has 1 atom stereocenters. The molecule has 0 saturated heterocycles. The Morgan fingerprint density at radius 2 is 1.95 bits per heavy atom. The predicted molar refractivity (Wildman–Crippen MR) is 87.2 cm³/mol. The molecule has 0 aliphatic heterocycles. The Morgan fingerprint density at radius 3 is 2.52 bits per heavy atom. The van der Waals surface area contributed by atoms with E-state index in [1.54, 1.807) is 0 Å². The zero-order valence-corrected chi connectivity index (χ0v) is 13.7. The van der Waals surface area contributed by atoms with Crippen LogP contribution in [0.15, 0.2) is 24.3 Å². The van der Waals surface area contributed by atoms with Crippen molar-refractivity contribution in [1.82, 2.24) is 10.2 Å². The minimum Gasteiger partial charge on any atom is -0.494 e. The van der Waals surface area contributed by atoms with Crippen LogP contribution in [-0.4, -0.2) is 50.5 Å². The van der Waals surface area contributed by atoms with Gasteiger partial charge in [0.25, 0.3) is 0 Å². The number of ketones is 1. The molecule has 1 aromatic carbocycles. The van der Waals surface area contributed by atoms with E-state index < -0.39 is 0 Å². The maximum Gasteiger partial charge on any atom is 0.179 e. The molecule has 0 saturated carbocycles. The molecule has 1 unspecified atom stereocenters. The number of rotatable bonds is 10. The summed E-state index contributed by atoms with van der Waals surface area (Å²) in [5, 5.41) is 3.28. The largest absolute Gasteiger partial charge is 0.494 e. The van der Waals surface area contributed by atoms with Gasteiger partial charge in [0.15, 0.2) is 5.78 Å². The third-order valence-electron chi connectivity index (χ3n) is 3.24. The van der Waals surface area contributed by atoms with E-state index in [2.05, 4.69) is 31.2 Å². The van der Waals surface area contributed by atoms with E-state index in [1.807, 2.05) is 31.2 Å². The molecule has 4 nitrogen and oxygen atoms in total. The Labute approximate surface area is 128 Å². The smallest absolute Gasteiger partial charge is 0.179 e. The van der Waals surface area contributed by atoms with Crippen LogP contribution in [0, 0.1) is 0 Å². The number of hydrogen-bond acceptors (Lipinski definition) is 4. The van der Waals surface area contributed by atoms with Crippen LogP contribution >= 0.6 is 0 Å². The van der Waals surface area contributed by atoms with Crippen LogP contribution in [0.5, 0.6) is 5.75 Å². The summed E-state index contributed by atoms with van der Waals surface area (Å²) < 4.78 is 5.52. The fraction of sp³-hybridized carbons (Fsp3) is 0.588. The van der Waals surface area contributed by atoms with Crippen LogP contribution in [0.2, 0.25) is 0 Å². The van der Waals surface area contributed by atoms with Gasteiger partial charge in [0.2, 0.25) is 0 Å². The number of ether oxygens (including phenoxy) is 1. The molecule has 21 heavy (non-hydrogen) atoms. The summed E-state index contributed by atoms with van der Waals surface area (Å²) in [5.41, 5.74) is 0.728. The van der Waals surface area contributed by atoms with Crippen molar-refractivity contribution in [1.29, 1.82) is 0 Å². The van der Waals surface area contributed by atoms with Crippen molar-refractivity contribution in [2.75, 3.05) is 33.8 Å². The molecule has 0 amide bonds. The van der Waals surface area contributed by atoms with Crippen molar-refractivity contribution in [2.45, 2.75) is 32.7 Å². The van der Waals surface area contributed by atoms with E-state index in [-0.39, 0.29) is 11.8 Å². The van der Waals surface area contributed by atoms with E-state index in [0.717, 1.165) is 37.2 Å². The lowest BCUT2D eigenvalue weighted by Crippen LogP contribution is -2.35. The summed E-state index contributed by atoms with van der Waals surface area (Å²) in [6, 6.07) is 7.24. The maximum atomic E-state index is 12.3. The van der Waals surface area contributed by atoms with Crippen LogP contribution in [0.25, 0.3) is 0 Å². The minimum atomic E-state index is -0.158. The van der Waals surface area contributed by atoms with E-state index in [0.29, 0.717) is 6.61 Å². The lowest BCUT2D eigenvalue weighted by molar-refractivity contribution is 0.0950. The molecule has 4 heteroatoms. The fourth-order valence-electron chi connectivity index (χ4n) is 1.99. The van der Waals surface area contributed by atoms with Crippen LogP contribution in [0.3, 0.4) is 0 Å². The first-order valence-electron chi connectivity index (χ1n) is 7.69. The van der Waals surface area contributed by atoms with Gasteiger partial charge in [-0.3, -0.25) is 4.79 Å². The fourth-order valence-corrected chi connectivity index (χ4v) is 1.99. The molecule has 0 heterocycles. The third kappa shape index (κ3) is 6.74. The number of nitrogens with one attached hydrogen (secondary N) is 1. The van der Waals surface area contributed by atoms with Gasteiger partial charge in [0.1, 0.15) is 5.75 Å². The molecule has 0 bridgehead atoms. The predicted octanol–water partition coefficient (Wildman–Crippen LogP) is 2.59. The van der Waals surface area contributed by atoms with E-state index in [1.165, 1.54) is 0 Å². The van der Waals surface area contributed by atoms with Crippen molar-refractivity contribution >= 4 is 5.78 Å². The highest BCUT2D eigenvalue weighted by Gasteiger charge is 2.14. The molecule has 1 N–H and O–H groups in total. The van der Waals surface area contributed by atoms with E-state index in [9.17, 15) is 4.79 Å². The first kappa shape index (κ1) is 17.7. The normalized spacial score (nSPS) is 12.4. The highest BCUT2D eigenvalue weighted by atomic mass is 16.5. The summed E-state index contributed by atoms with van der Waals surface area (Å²) in [6.07, 6.45) is 2.02. The average molecular weight is 292 g/mol. The minimum absolute atomic E-state index is 0.127. The summed E-state index contributed by atoms with van der Waals surface area (Å²) in [5.74, 6) is 0.946. The van der Waals surface area contributed by atoms with Gasteiger partial charge < -0.3 is 15.0 Å². The molecule has 0 aliphatic rings. The van der Waals surface area contributed by atoms with Gasteiger partial charge >= 0.3 is 0 Å². The Balaban J connectivity index is 2.42. The SMILES string of the molecule is CCCOc1ccc(C(=O)C(C)NCCCN(C)C)cc1. The van der Waals surface area contributed by atoms with Crippen molar-refractivity contribution < 1.29 is 9.53 Å². The molecule has 0 radical (unpaired) electrons. The van der Waals surface area contributed by atoms with Crippen molar-refractivity contribution in [2.24, 2.45) is 0 Å². The van der Waals surface area contributed by atoms with Gasteiger partial charge in [-0.25, -0.2) is 0 Å². The van der Waals surface area contributed by atoms with Gasteiger partial charge in [-0.1, -0.05) is 6.92 Å². The Morgan fingerprint density at radius 1 is 1.29 bits per heavy atom. The first-order valence-corrected chi connectivity index (χ1v) is 7.69. The summed E-state index contributed by atoms with van der Waals surface area (Å²) in [6.45, 7) is 6.57. The van der Waals surface area contributed by atoms with Crippen LogP contribution in [0.4, 0.5) is 0 Å². The van der Waals surface area contributed by atoms with Crippen LogP contribution < -0.4 is 10.1 Å². The van der Waals surface area contributed by atoms with Crippen molar-refractivity contribution in [3.8, 4) is 5.75 Å². The number of benzene rings is 1. The van der Waals surface area contributed by atoms with Gasteiger partial charge in [0.05, 0.1) is 12.6 Å². The van der Waals surface area contributed by atoms with Gasteiger partial charge in [-0.05, 0) is 71.2 Å². The second-order valence-electron chi connectivity index (χ2n) is 5.57. The molecule has 0 fully saturated rings. The molecule has 1 rings (SSSR count). The molecule has 1 aromatic rings. The second kappa shape index (κ2) is 9.53. The number of hydrogen-bond donors (Lipinski definition) is 1. The standard InChI is InChI=1S/C17H28N2O2/c1-5-13-21-16-9-7-15(8-10-16)17(20)14(2)18-11-6-12-19(3)4/h7-10,14,18H,5-6,11-13H2,1-4H3. The molecule has 118 valence electrons. The van der Waals surface area contributed by atoms with E-state index in [4.69, 9.17) is 4.74 Å². The van der Waals surface area contributed by atoms with E-state index >= 15 is 0 Å². The van der Waals surface area contributed by atoms with Crippen LogP contribution in [-0.2, 0) is 0 Å². The first-order chi connectivity index (χ1) is 10.0. The van der Waals surface area contributed by atoms with Crippen molar-refractivity contribution in [3.63, 3.8) is 0 Å². The quantitative estimate of drug-likeness (QED) is 0.531. The second-order valence-corrected chi connectivity index (χ2v) is 5.57. The highest BCUT2D eigenvalue weighted by molar-refractivity contribution is 5.99. The lowest BCUT2D eigenvalue weighted by Gasteiger charge is -2.14. The van der Waals surface area contributed by atoms with Gasteiger partial charge in [0, 0.05) is 5.56 Å². The molecule has 0 aromatic heterocycles. The van der Waals surface area contributed by atoms with Crippen molar-refractivity contribution in [3.05, 3.63) is 29.8 Å². The summed E-state index contributed by atoms with van der Waals surface area (Å²) in [7, 11) is 4.10. The zero-order chi connectivity index (χ0) is 15.7. The third-order valence-corrected chi connectivity index (χ3v) is 3.24. The molecular formula is C17H28N2O2. The highest BCUT2D eigenvalue weighted by Crippen LogP contribution is 2.13. The molecular weight excluding hydrogens is 264 g/mol.